The number of pyridine rings is 1. The highest BCUT2D eigenvalue weighted by Gasteiger charge is 2.66. The quantitative estimate of drug-likeness (QED) is 0.178. The zero-order valence-electron chi connectivity index (χ0n) is 28.7. The molecule has 1 aromatic heterocycles. The summed E-state index contributed by atoms with van der Waals surface area (Å²) in [6, 6.07) is 11.1. The molecule has 5 rings (SSSR count). The number of hydrogen-bond acceptors (Lipinski definition) is 5. The Morgan fingerprint density at radius 3 is 2.42 bits per heavy atom. The highest BCUT2D eigenvalue weighted by molar-refractivity contribution is 6.74. The van der Waals surface area contributed by atoms with Crippen molar-refractivity contribution in [2.45, 2.75) is 95.9 Å². The van der Waals surface area contributed by atoms with Gasteiger partial charge in [-0.25, -0.2) is 4.39 Å². The van der Waals surface area contributed by atoms with Crippen LogP contribution in [-0.2, 0) is 25.9 Å². The van der Waals surface area contributed by atoms with Crippen molar-refractivity contribution >= 4 is 54.7 Å². The van der Waals surface area contributed by atoms with Crippen molar-refractivity contribution in [2.75, 3.05) is 17.2 Å². The highest BCUT2D eigenvalue weighted by atomic mass is 35.5. The Bertz CT molecular complexity index is 1800. The summed E-state index contributed by atoms with van der Waals surface area (Å²) in [5.41, 5.74) is 0.122. The fraction of sp³-hybridized carbons (Fsp3) is 0.472. The van der Waals surface area contributed by atoms with Gasteiger partial charge in [0.25, 0.3) is 0 Å². The Labute approximate surface area is 292 Å². The van der Waals surface area contributed by atoms with E-state index >= 15 is 4.39 Å². The number of hydrogen-bond donors (Lipinski definition) is 4. The van der Waals surface area contributed by atoms with E-state index in [2.05, 4.69) is 54.8 Å². The third-order valence-corrected chi connectivity index (χ3v) is 15.1. The van der Waals surface area contributed by atoms with E-state index in [-0.39, 0.29) is 38.2 Å². The summed E-state index contributed by atoms with van der Waals surface area (Å²) < 4.78 is 22.4. The maximum Gasteiger partial charge on any atom is 0.250 e. The van der Waals surface area contributed by atoms with Gasteiger partial charge < -0.3 is 25.4 Å². The summed E-state index contributed by atoms with van der Waals surface area (Å²) in [6.45, 7) is 17.4. The average molecular weight is 716 g/mol. The average Bonchev–Trinajstić information content (AvgIpc) is 3.42. The number of H-pyrrole nitrogens is 1. The maximum atomic E-state index is 16.1. The molecule has 1 unspecified atom stereocenters. The third kappa shape index (κ3) is 6.87. The number of carbonyl (C=O) groups is 2. The molecule has 3 heterocycles. The molecule has 0 bridgehead atoms. The van der Waals surface area contributed by atoms with Gasteiger partial charge in [-0.3, -0.25) is 14.4 Å². The molecule has 2 amide bonds. The number of aromatic nitrogens is 1. The van der Waals surface area contributed by atoms with E-state index in [1.54, 1.807) is 36.4 Å². The molecule has 3 aromatic rings. The first-order valence-corrected chi connectivity index (χ1v) is 19.9. The SMILES string of the molecule is CC(C)(C)C[C@@H]1N[C@@H](C(=O)Nc2cc(CCO[Si](C)(C)C(C)(C)C)[nH]c(=O)c2)[C@@H](c2cccc(Cl)c2F)C12C(=O)Nc1cc(Cl)ccc12. The topological polar surface area (TPSA) is 112 Å². The summed E-state index contributed by atoms with van der Waals surface area (Å²) in [7, 11) is -2.00. The zero-order valence-corrected chi connectivity index (χ0v) is 31.3. The second-order valence-corrected chi connectivity index (χ2v) is 21.4. The lowest BCUT2D eigenvalue weighted by atomic mass is 9.62. The zero-order chi connectivity index (χ0) is 35.4. The van der Waals surface area contributed by atoms with E-state index < -0.39 is 43.5 Å². The van der Waals surface area contributed by atoms with Crippen LogP contribution in [0.1, 0.15) is 70.7 Å². The van der Waals surface area contributed by atoms with Gasteiger partial charge in [-0.05, 0) is 65.4 Å². The Morgan fingerprint density at radius 1 is 1.04 bits per heavy atom. The van der Waals surface area contributed by atoms with E-state index in [4.69, 9.17) is 27.6 Å². The molecule has 2 aliphatic heterocycles. The number of fused-ring (bicyclic) bond motifs is 2. The molecule has 8 nitrogen and oxygen atoms in total. The van der Waals surface area contributed by atoms with Gasteiger partial charge in [0, 0.05) is 53.1 Å². The van der Waals surface area contributed by atoms with Crippen molar-refractivity contribution in [1.82, 2.24) is 10.3 Å². The van der Waals surface area contributed by atoms with Crippen LogP contribution >= 0.6 is 23.2 Å². The normalized spacial score (nSPS) is 22.6. The molecule has 0 aliphatic carbocycles. The number of rotatable bonds is 8. The Kier molecular flexibility index (Phi) is 9.84. The molecule has 1 saturated heterocycles. The molecule has 1 fully saturated rings. The van der Waals surface area contributed by atoms with Crippen LogP contribution in [0.15, 0.2) is 53.3 Å². The van der Waals surface area contributed by atoms with Gasteiger partial charge >= 0.3 is 0 Å². The smallest absolute Gasteiger partial charge is 0.250 e. The highest BCUT2D eigenvalue weighted by Crippen LogP contribution is 2.57. The van der Waals surface area contributed by atoms with Crippen LogP contribution in [-0.4, -0.2) is 43.8 Å². The first kappa shape index (κ1) is 36.3. The van der Waals surface area contributed by atoms with Crippen LogP contribution in [0.3, 0.4) is 0 Å². The van der Waals surface area contributed by atoms with Crippen molar-refractivity contribution < 1.29 is 18.4 Å². The monoisotopic (exact) mass is 714 g/mol. The van der Waals surface area contributed by atoms with Crippen molar-refractivity contribution in [3.05, 3.63) is 91.6 Å². The molecule has 12 heteroatoms. The minimum atomic E-state index is -2.00. The first-order chi connectivity index (χ1) is 22.2. The first-order valence-electron chi connectivity index (χ1n) is 16.2. The van der Waals surface area contributed by atoms with Crippen LogP contribution in [0, 0.1) is 11.2 Å². The molecular formula is C36H45Cl2FN4O4Si. The van der Waals surface area contributed by atoms with Gasteiger partial charge in [-0.2, -0.15) is 0 Å². The van der Waals surface area contributed by atoms with Gasteiger partial charge in [-0.15, -0.1) is 0 Å². The van der Waals surface area contributed by atoms with E-state index in [0.29, 0.717) is 41.4 Å². The van der Waals surface area contributed by atoms with Crippen LogP contribution < -0.4 is 21.5 Å². The Hall–Kier alpha value is -3.02. The van der Waals surface area contributed by atoms with Crippen molar-refractivity contribution in [3.8, 4) is 0 Å². The van der Waals surface area contributed by atoms with Gasteiger partial charge in [0.1, 0.15) is 11.2 Å². The second kappa shape index (κ2) is 13.0. The van der Waals surface area contributed by atoms with Gasteiger partial charge in [0.2, 0.25) is 17.4 Å². The lowest BCUT2D eigenvalue weighted by molar-refractivity contribution is -0.122. The lowest BCUT2D eigenvalue weighted by Crippen LogP contribution is -2.49. The van der Waals surface area contributed by atoms with E-state index in [9.17, 15) is 14.4 Å². The third-order valence-electron chi connectivity index (χ3n) is 10.0. The van der Waals surface area contributed by atoms with Crippen LogP contribution in [0.4, 0.5) is 15.8 Å². The van der Waals surface area contributed by atoms with E-state index in [1.807, 2.05) is 20.8 Å². The largest absolute Gasteiger partial charge is 0.416 e. The predicted octanol–water partition coefficient (Wildman–Crippen LogP) is 7.77. The molecule has 2 aromatic carbocycles. The molecule has 4 atom stereocenters. The number of benzene rings is 2. The predicted molar refractivity (Wildman–Crippen MR) is 193 cm³/mol. The van der Waals surface area contributed by atoms with E-state index in [0.717, 1.165) is 0 Å². The molecule has 0 saturated carbocycles. The van der Waals surface area contributed by atoms with Gasteiger partial charge in [0.05, 0.1) is 11.1 Å². The summed E-state index contributed by atoms with van der Waals surface area (Å²) in [6.07, 6.45) is 0.925. The van der Waals surface area contributed by atoms with Crippen molar-refractivity contribution in [3.63, 3.8) is 0 Å². The summed E-state index contributed by atoms with van der Waals surface area (Å²) in [5.74, 6) is -2.58. The Morgan fingerprint density at radius 2 is 1.75 bits per heavy atom. The standard InChI is InChI=1S/C36H45Cl2FN4O4Si/c1-34(2,3)19-27-36(24-13-12-20(37)16-26(24)42-33(36)46)29(23-10-9-11-25(38)30(23)39)31(43-27)32(45)41-22-17-21(40-28(44)18-22)14-15-47-48(7,8)35(4,5)6/h9-13,16-18,27,29,31,43H,14-15,19H2,1-8H3,(H,42,46)(H2,40,41,44,45)/t27-,29+,31+,36?/m0/s1. The maximum absolute atomic E-state index is 16.1. The van der Waals surface area contributed by atoms with Crippen LogP contribution in [0.2, 0.25) is 28.2 Å². The molecule has 1 spiro atoms. The minimum Gasteiger partial charge on any atom is -0.416 e. The molecule has 0 radical (unpaired) electrons. The van der Waals surface area contributed by atoms with Crippen LogP contribution in [0.25, 0.3) is 0 Å². The number of carbonyl (C=O) groups excluding carboxylic acids is 2. The van der Waals surface area contributed by atoms with Gasteiger partial charge in [0.15, 0.2) is 8.32 Å². The van der Waals surface area contributed by atoms with Gasteiger partial charge in [-0.1, -0.05) is 82.9 Å². The number of nitrogens with one attached hydrogen (secondary N) is 4. The number of amides is 2. The van der Waals surface area contributed by atoms with Crippen molar-refractivity contribution in [1.29, 1.82) is 0 Å². The van der Waals surface area contributed by atoms with Crippen molar-refractivity contribution in [2.24, 2.45) is 5.41 Å². The molecular weight excluding hydrogens is 670 g/mol. The minimum absolute atomic E-state index is 0.0364. The number of halogens is 3. The molecule has 258 valence electrons. The Balaban J connectivity index is 1.55. The summed E-state index contributed by atoms with van der Waals surface area (Å²) in [5, 5.41) is 9.70. The second-order valence-electron chi connectivity index (χ2n) is 15.7. The van der Waals surface area contributed by atoms with E-state index in [1.165, 1.54) is 12.1 Å². The molecule has 48 heavy (non-hydrogen) atoms. The molecule has 4 N–H and O–H groups in total. The number of aromatic amines is 1. The molecule has 2 aliphatic rings. The fourth-order valence-corrected chi connectivity index (χ4v) is 8.21. The fourth-order valence-electron chi connectivity index (χ4n) is 6.81. The van der Waals surface area contributed by atoms with Crippen LogP contribution in [0.5, 0.6) is 0 Å². The lowest BCUT2D eigenvalue weighted by Gasteiger charge is -2.37. The summed E-state index contributed by atoms with van der Waals surface area (Å²) in [4.78, 5) is 44.3. The summed E-state index contributed by atoms with van der Waals surface area (Å²) >= 11 is 12.6. The number of anilines is 2.